The smallest absolute Gasteiger partial charge is 0.269 e. The Hall–Kier alpha value is -4.40. The van der Waals surface area contributed by atoms with E-state index in [4.69, 9.17) is 9.47 Å². The second-order valence-corrected chi connectivity index (χ2v) is 6.69. The second-order valence-electron chi connectivity index (χ2n) is 6.69. The summed E-state index contributed by atoms with van der Waals surface area (Å²) >= 11 is 0. The fourth-order valence-corrected chi connectivity index (χ4v) is 2.93. The summed E-state index contributed by atoms with van der Waals surface area (Å²) in [5.74, 6) is 0.229. The van der Waals surface area contributed by atoms with Crippen molar-refractivity contribution in [2.75, 3.05) is 14.2 Å². The van der Waals surface area contributed by atoms with Crippen LogP contribution in [-0.2, 0) is 0 Å². The van der Waals surface area contributed by atoms with Crippen molar-refractivity contribution in [3.8, 4) is 11.5 Å². The molecule has 0 spiro atoms. The van der Waals surface area contributed by atoms with Crippen LogP contribution >= 0.6 is 0 Å². The van der Waals surface area contributed by atoms with Crippen LogP contribution in [0.2, 0.25) is 0 Å². The van der Waals surface area contributed by atoms with Gasteiger partial charge in [-0.1, -0.05) is 12.1 Å². The molecule has 0 aliphatic carbocycles. The highest BCUT2D eigenvalue weighted by Crippen LogP contribution is 2.20. The number of benzene rings is 3. The molecule has 0 radical (unpaired) electrons. The number of carbonyl (C=O) groups is 2. The number of non-ortho nitro benzene ring substituents is 1. The Labute approximate surface area is 184 Å². The van der Waals surface area contributed by atoms with Gasteiger partial charge in [0.1, 0.15) is 17.7 Å². The molecule has 0 fully saturated rings. The number of nitrogens with one attached hydrogen (secondary N) is 2. The Morgan fingerprint density at radius 1 is 0.812 bits per heavy atom. The number of nitrogens with zero attached hydrogens (tertiary/aromatic N) is 1. The molecule has 164 valence electrons. The zero-order valence-electron chi connectivity index (χ0n) is 17.4. The molecule has 0 aliphatic rings. The molecule has 2 amide bonds. The highest BCUT2D eigenvalue weighted by atomic mass is 16.6. The lowest BCUT2D eigenvalue weighted by Crippen LogP contribution is -2.41. The van der Waals surface area contributed by atoms with Gasteiger partial charge in [0.05, 0.1) is 19.1 Å². The van der Waals surface area contributed by atoms with Crippen LogP contribution in [-0.4, -0.2) is 31.0 Å². The van der Waals surface area contributed by atoms with E-state index in [1.807, 2.05) is 0 Å². The topological polar surface area (TPSA) is 120 Å². The quantitative estimate of drug-likeness (QED) is 0.318. The molecule has 9 heteroatoms. The average molecular weight is 435 g/mol. The number of carbonyl (C=O) groups excluding carboxylic acids is 2. The van der Waals surface area contributed by atoms with Crippen molar-refractivity contribution in [1.82, 2.24) is 10.6 Å². The Balaban J connectivity index is 1.87. The Morgan fingerprint density at radius 2 is 1.28 bits per heavy atom. The Morgan fingerprint density at radius 3 is 1.69 bits per heavy atom. The molecule has 0 aliphatic heterocycles. The molecule has 3 aromatic carbocycles. The standard InChI is InChI=1S/C23H21N3O6/c1-31-19-10-6-15(7-11-19)22(27)24-21(17-4-3-5-18(14-17)26(29)30)25-23(28)16-8-12-20(32-2)13-9-16/h3-14,21H,1-2H3,(H,24,27)(H,25,28). The average Bonchev–Trinajstić information content (AvgIpc) is 2.83. The van der Waals surface area contributed by atoms with Crippen LogP contribution in [0.1, 0.15) is 32.4 Å². The zero-order chi connectivity index (χ0) is 23.1. The van der Waals surface area contributed by atoms with E-state index in [1.54, 1.807) is 54.6 Å². The summed E-state index contributed by atoms with van der Waals surface area (Å²) in [6.45, 7) is 0. The van der Waals surface area contributed by atoms with E-state index in [1.165, 1.54) is 32.4 Å². The van der Waals surface area contributed by atoms with E-state index in [2.05, 4.69) is 10.6 Å². The first kappa shape index (κ1) is 22.3. The molecule has 0 bridgehead atoms. The van der Waals surface area contributed by atoms with Crippen molar-refractivity contribution >= 4 is 17.5 Å². The fourth-order valence-electron chi connectivity index (χ4n) is 2.93. The largest absolute Gasteiger partial charge is 0.497 e. The van der Waals surface area contributed by atoms with E-state index in [9.17, 15) is 19.7 Å². The Kier molecular flexibility index (Phi) is 7.02. The van der Waals surface area contributed by atoms with Gasteiger partial charge in [-0.3, -0.25) is 19.7 Å². The normalized spacial score (nSPS) is 10.3. The second kappa shape index (κ2) is 10.1. The van der Waals surface area contributed by atoms with Crippen LogP contribution in [0.25, 0.3) is 0 Å². The zero-order valence-corrected chi connectivity index (χ0v) is 17.4. The number of ether oxygens (including phenoxy) is 2. The highest BCUT2D eigenvalue weighted by molar-refractivity contribution is 5.97. The van der Waals surface area contributed by atoms with Crippen molar-refractivity contribution in [3.63, 3.8) is 0 Å². The number of hydrogen-bond donors (Lipinski definition) is 2. The minimum atomic E-state index is -1.01. The number of amides is 2. The van der Waals surface area contributed by atoms with Crippen molar-refractivity contribution in [2.24, 2.45) is 0 Å². The molecular formula is C23H21N3O6. The summed E-state index contributed by atoms with van der Waals surface area (Å²) in [6, 6.07) is 18.5. The molecule has 0 aromatic heterocycles. The van der Waals surface area contributed by atoms with E-state index in [0.717, 1.165) is 0 Å². The molecule has 3 rings (SSSR count). The van der Waals surface area contributed by atoms with Gasteiger partial charge >= 0.3 is 0 Å². The number of rotatable bonds is 8. The maximum Gasteiger partial charge on any atom is 0.269 e. The lowest BCUT2D eigenvalue weighted by atomic mass is 10.1. The van der Waals surface area contributed by atoms with Gasteiger partial charge in [-0.2, -0.15) is 0 Å². The van der Waals surface area contributed by atoms with Gasteiger partial charge in [0, 0.05) is 28.8 Å². The van der Waals surface area contributed by atoms with Crippen LogP contribution < -0.4 is 20.1 Å². The van der Waals surface area contributed by atoms with Crippen LogP contribution in [0.15, 0.2) is 72.8 Å². The minimum Gasteiger partial charge on any atom is -0.497 e. The van der Waals surface area contributed by atoms with Gasteiger partial charge in [-0.25, -0.2) is 0 Å². The first-order chi connectivity index (χ1) is 15.4. The lowest BCUT2D eigenvalue weighted by molar-refractivity contribution is -0.384. The molecule has 9 nitrogen and oxygen atoms in total. The van der Waals surface area contributed by atoms with Gasteiger partial charge in [-0.05, 0) is 48.5 Å². The van der Waals surface area contributed by atoms with Crippen LogP contribution in [0.3, 0.4) is 0 Å². The first-order valence-electron chi connectivity index (χ1n) is 9.55. The summed E-state index contributed by atoms with van der Waals surface area (Å²) in [6.07, 6.45) is -1.01. The number of hydrogen-bond acceptors (Lipinski definition) is 6. The monoisotopic (exact) mass is 435 g/mol. The van der Waals surface area contributed by atoms with Crippen molar-refractivity contribution in [3.05, 3.63) is 99.6 Å². The highest BCUT2D eigenvalue weighted by Gasteiger charge is 2.21. The third-order valence-corrected chi connectivity index (χ3v) is 4.67. The first-order valence-corrected chi connectivity index (χ1v) is 9.55. The molecule has 0 saturated heterocycles. The van der Waals surface area contributed by atoms with Crippen molar-refractivity contribution < 1.29 is 24.0 Å². The number of nitro groups is 1. The van der Waals surface area contributed by atoms with E-state index < -0.39 is 22.9 Å². The predicted molar refractivity (Wildman–Crippen MR) is 117 cm³/mol. The van der Waals surface area contributed by atoms with E-state index in [0.29, 0.717) is 28.2 Å². The molecular weight excluding hydrogens is 414 g/mol. The summed E-state index contributed by atoms with van der Waals surface area (Å²) < 4.78 is 10.2. The summed E-state index contributed by atoms with van der Waals surface area (Å²) in [5, 5.41) is 16.6. The summed E-state index contributed by atoms with van der Waals surface area (Å²) in [5.41, 5.74) is 0.854. The van der Waals surface area contributed by atoms with Crippen LogP contribution in [0.4, 0.5) is 5.69 Å². The predicted octanol–water partition coefficient (Wildman–Crippen LogP) is 3.47. The van der Waals surface area contributed by atoms with Crippen molar-refractivity contribution in [2.45, 2.75) is 6.17 Å². The number of methoxy groups -OCH3 is 2. The molecule has 0 unspecified atom stereocenters. The molecule has 0 atom stereocenters. The third-order valence-electron chi connectivity index (χ3n) is 4.67. The van der Waals surface area contributed by atoms with Gasteiger partial charge in [0.25, 0.3) is 17.5 Å². The molecule has 2 N–H and O–H groups in total. The molecule has 3 aromatic rings. The van der Waals surface area contributed by atoms with Gasteiger partial charge < -0.3 is 20.1 Å². The Bertz CT molecular complexity index is 1050. The number of nitro benzene ring substituents is 1. The maximum absolute atomic E-state index is 12.8. The fraction of sp³-hybridized carbons (Fsp3) is 0.130. The van der Waals surface area contributed by atoms with Gasteiger partial charge in [0.2, 0.25) is 0 Å². The van der Waals surface area contributed by atoms with Gasteiger partial charge in [0.15, 0.2) is 0 Å². The molecule has 0 heterocycles. The van der Waals surface area contributed by atoms with Crippen molar-refractivity contribution in [1.29, 1.82) is 0 Å². The van der Waals surface area contributed by atoms with Crippen LogP contribution in [0.5, 0.6) is 11.5 Å². The summed E-state index contributed by atoms with van der Waals surface area (Å²) in [4.78, 5) is 36.2. The van der Waals surface area contributed by atoms with E-state index in [-0.39, 0.29) is 5.69 Å². The van der Waals surface area contributed by atoms with Gasteiger partial charge in [-0.15, -0.1) is 0 Å². The minimum absolute atomic E-state index is 0.162. The SMILES string of the molecule is COc1ccc(C(=O)NC(NC(=O)c2ccc(OC)cc2)c2cccc([N+](=O)[O-])c2)cc1. The van der Waals surface area contributed by atoms with Crippen LogP contribution in [0, 0.1) is 10.1 Å². The molecule has 32 heavy (non-hydrogen) atoms. The lowest BCUT2D eigenvalue weighted by Gasteiger charge is -2.21. The van der Waals surface area contributed by atoms with E-state index >= 15 is 0 Å². The summed E-state index contributed by atoms with van der Waals surface area (Å²) in [7, 11) is 3.03. The maximum atomic E-state index is 12.8. The third kappa shape index (κ3) is 5.39. The molecule has 0 saturated carbocycles.